The normalized spacial score (nSPS) is 10.4. The van der Waals surface area contributed by atoms with Gasteiger partial charge in [0.15, 0.2) is 0 Å². The minimum Gasteiger partial charge on any atom is -0.465 e. The van der Waals surface area contributed by atoms with Crippen LogP contribution in [0.5, 0.6) is 0 Å². The van der Waals surface area contributed by atoms with Crippen LogP contribution in [0.2, 0.25) is 0 Å². The topological polar surface area (TPSA) is 88.5 Å². The number of benzene rings is 3. The first-order valence-electron chi connectivity index (χ1n) is 10.5. The number of nitrogens with one attached hydrogen (secondary N) is 3. The van der Waals surface area contributed by atoms with E-state index >= 15 is 0 Å². The summed E-state index contributed by atoms with van der Waals surface area (Å²) in [5.74, 6) is 0.361. The zero-order chi connectivity index (χ0) is 23.0. The molecule has 0 aliphatic carbocycles. The van der Waals surface area contributed by atoms with Gasteiger partial charge in [0.1, 0.15) is 5.84 Å². The lowest BCUT2D eigenvalue weighted by atomic mass is 10.1. The molecule has 0 fully saturated rings. The molecule has 0 aliphatic rings. The predicted octanol–water partition coefficient (Wildman–Crippen LogP) is 6.66. The molecule has 1 aromatic heterocycles. The zero-order valence-electron chi connectivity index (χ0n) is 17.9. The van der Waals surface area contributed by atoms with Crippen molar-refractivity contribution in [3.8, 4) is 0 Å². The summed E-state index contributed by atoms with van der Waals surface area (Å²) in [5.41, 5.74) is 4.35. The van der Waals surface area contributed by atoms with Crippen LogP contribution in [0.1, 0.15) is 10.4 Å². The molecule has 4 N–H and O–H groups in total. The summed E-state index contributed by atoms with van der Waals surface area (Å²) in [6, 6.07) is 28.7. The summed E-state index contributed by atoms with van der Waals surface area (Å²) in [6.07, 6.45) is -0.402. The van der Waals surface area contributed by atoms with E-state index in [0.717, 1.165) is 27.5 Å². The van der Waals surface area contributed by atoms with Gasteiger partial charge in [0.05, 0.1) is 4.88 Å². The summed E-state index contributed by atoms with van der Waals surface area (Å²) in [4.78, 5) is 14.1. The van der Waals surface area contributed by atoms with Crippen LogP contribution >= 0.6 is 11.3 Å². The average Bonchev–Trinajstić information content (AvgIpc) is 3.37. The van der Waals surface area contributed by atoms with Crippen LogP contribution in [0.3, 0.4) is 0 Å². The molecular weight excluding hydrogens is 432 g/mol. The predicted molar refractivity (Wildman–Crippen MR) is 136 cm³/mol. The fraction of sp³-hybridized carbons (Fsp3) is 0.0769. The molecule has 0 saturated heterocycles. The number of hydrogen-bond donors (Lipinski definition) is 4. The number of hydrogen-bond acceptors (Lipinski definition) is 4. The van der Waals surface area contributed by atoms with Gasteiger partial charge in [-0.1, -0.05) is 36.4 Å². The maximum Gasteiger partial charge on any atom is 0.411 e. The van der Waals surface area contributed by atoms with E-state index in [0.29, 0.717) is 24.5 Å². The third kappa shape index (κ3) is 5.99. The van der Waals surface area contributed by atoms with Crippen LogP contribution in [-0.2, 0) is 6.42 Å². The number of nitrogens with zero attached hydrogens (tertiary/aromatic N) is 1. The van der Waals surface area contributed by atoms with Crippen LogP contribution in [0, 0.1) is 5.41 Å². The molecule has 4 aromatic rings. The van der Waals surface area contributed by atoms with Gasteiger partial charge in [0.25, 0.3) is 0 Å². The molecule has 0 aliphatic heterocycles. The second-order valence-electron chi connectivity index (χ2n) is 7.40. The highest BCUT2D eigenvalue weighted by Gasteiger charge is 2.14. The van der Waals surface area contributed by atoms with Crippen LogP contribution in [-0.4, -0.2) is 23.6 Å². The summed E-state index contributed by atoms with van der Waals surface area (Å²) < 4.78 is 0. The monoisotopic (exact) mass is 456 g/mol. The van der Waals surface area contributed by atoms with Gasteiger partial charge < -0.3 is 15.7 Å². The Kier molecular flexibility index (Phi) is 7.02. The van der Waals surface area contributed by atoms with E-state index < -0.39 is 6.09 Å². The van der Waals surface area contributed by atoms with E-state index in [4.69, 9.17) is 5.41 Å². The van der Waals surface area contributed by atoms with E-state index in [1.165, 1.54) is 16.2 Å². The molecule has 0 bridgehead atoms. The van der Waals surface area contributed by atoms with Crippen molar-refractivity contribution in [2.75, 3.05) is 22.1 Å². The summed E-state index contributed by atoms with van der Waals surface area (Å²) in [7, 11) is 0. The number of carboxylic acid groups (broad SMARTS) is 1. The Balaban J connectivity index is 1.35. The number of rotatable bonds is 8. The lowest BCUT2D eigenvalue weighted by molar-refractivity contribution is 0.202. The molecular formula is C26H24N4O2S. The molecule has 1 heterocycles. The minimum absolute atomic E-state index is 0.346. The second-order valence-corrected chi connectivity index (χ2v) is 8.34. The largest absolute Gasteiger partial charge is 0.465 e. The third-order valence-electron chi connectivity index (χ3n) is 5.09. The average molecular weight is 457 g/mol. The third-order valence-corrected chi connectivity index (χ3v) is 5.97. The highest BCUT2D eigenvalue weighted by atomic mass is 32.1. The molecule has 3 aromatic carbocycles. The van der Waals surface area contributed by atoms with Gasteiger partial charge in [-0.25, -0.2) is 4.79 Å². The molecule has 4 rings (SSSR count). The van der Waals surface area contributed by atoms with Crippen LogP contribution in [0.25, 0.3) is 0 Å². The van der Waals surface area contributed by atoms with E-state index in [2.05, 4.69) is 10.6 Å². The van der Waals surface area contributed by atoms with Gasteiger partial charge >= 0.3 is 6.09 Å². The van der Waals surface area contributed by atoms with Gasteiger partial charge in [-0.15, -0.1) is 11.3 Å². The molecule has 0 atom stereocenters. The minimum atomic E-state index is -0.985. The Bertz CT molecular complexity index is 1190. The van der Waals surface area contributed by atoms with Crippen molar-refractivity contribution in [2.45, 2.75) is 6.42 Å². The van der Waals surface area contributed by atoms with Crippen molar-refractivity contribution in [1.29, 1.82) is 5.41 Å². The Morgan fingerprint density at radius 2 is 1.52 bits per heavy atom. The van der Waals surface area contributed by atoms with Crippen molar-refractivity contribution < 1.29 is 9.90 Å². The first kappa shape index (κ1) is 22.1. The molecule has 6 nitrogen and oxygen atoms in total. The molecule has 1 amide bonds. The molecule has 33 heavy (non-hydrogen) atoms. The maximum absolute atomic E-state index is 11.9. The number of amidine groups is 1. The molecule has 7 heteroatoms. The van der Waals surface area contributed by atoms with E-state index in [9.17, 15) is 9.90 Å². The quantitative estimate of drug-likeness (QED) is 0.176. The standard InChI is InChI=1S/C26H24N4O2S/c27-25(24-7-4-18-33-24)29-22-10-8-19(9-11-22)16-17-30(26(31)32)23-14-12-21(13-15-23)28-20-5-2-1-3-6-20/h1-15,18,28H,16-17H2,(H2,27,29)(H,31,32). The number of carbonyl (C=O) groups is 1. The van der Waals surface area contributed by atoms with E-state index in [-0.39, 0.29) is 0 Å². The molecule has 0 radical (unpaired) electrons. The SMILES string of the molecule is N=C(Nc1ccc(CCN(C(=O)O)c2ccc(Nc3ccccc3)cc2)cc1)c1cccs1. The number of para-hydroxylation sites is 1. The highest BCUT2D eigenvalue weighted by molar-refractivity contribution is 7.12. The van der Waals surface area contributed by atoms with Gasteiger partial charge in [0, 0.05) is 29.3 Å². The highest BCUT2D eigenvalue weighted by Crippen LogP contribution is 2.22. The van der Waals surface area contributed by atoms with Gasteiger partial charge in [-0.05, 0) is 72.0 Å². The van der Waals surface area contributed by atoms with Gasteiger partial charge in [-0.3, -0.25) is 10.3 Å². The van der Waals surface area contributed by atoms with Crippen LogP contribution in [0.15, 0.2) is 96.4 Å². The summed E-state index contributed by atoms with van der Waals surface area (Å²) in [6.45, 7) is 0.346. The van der Waals surface area contributed by atoms with Crippen molar-refractivity contribution in [1.82, 2.24) is 0 Å². The molecule has 0 unspecified atom stereocenters. The van der Waals surface area contributed by atoms with Gasteiger partial charge in [-0.2, -0.15) is 0 Å². The lowest BCUT2D eigenvalue weighted by Crippen LogP contribution is -2.31. The maximum atomic E-state index is 11.9. The fourth-order valence-electron chi connectivity index (χ4n) is 3.37. The van der Waals surface area contributed by atoms with Crippen LogP contribution in [0.4, 0.5) is 27.5 Å². The first-order valence-corrected chi connectivity index (χ1v) is 11.4. The molecule has 0 spiro atoms. The van der Waals surface area contributed by atoms with Crippen molar-refractivity contribution in [2.24, 2.45) is 0 Å². The van der Waals surface area contributed by atoms with E-state index in [1.54, 1.807) is 0 Å². The Hall–Kier alpha value is -4.10. The Labute approximate surface area is 196 Å². The zero-order valence-corrected chi connectivity index (χ0v) is 18.7. The van der Waals surface area contributed by atoms with Crippen molar-refractivity contribution in [3.63, 3.8) is 0 Å². The van der Waals surface area contributed by atoms with Crippen molar-refractivity contribution in [3.05, 3.63) is 107 Å². The fourth-order valence-corrected chi connectivity index (χ4v) is 4.00. The first-order chi connectivity index (χ1) is 16.1. The van der Waals surface area contributed by atoms with E-state index in [1.807, 2.05) is 96.4 Å². The van der Waals surface area contributed by atoms with Gasteiger partial charge in [0.2, 0.25) is 0 Å². The molecule has 0 saturated carbocycles. The number of thiophene rings is 1. The lowest BCUT2D eigenvalue weighted by Gasteiger charge is -2.20. The summed E-state index contributed by atoms with van der Waals surface area (Å²) >= 11 is 1.51. The second kappa shape index (κ2) is 10.5. The Morgan fingerprint density at radius 3 is 2.15 bits per heavy atom. The smallest absolute Gasteiger partial charge is 0.411 e. The summed E-state index contributed by atoms with van der Waals surface area (Å²) in [5, 5.41) is 26.2. The Morgan fingerprint density at radius 1 is 0.848 bits per heavy atom. The number of amides is 1. The number of anilines is 4. The van der Waals surface area contributed by atoms with Crippen molar-refractivity contribution >= 4 is 46.0 Å². The van der Waals surface area contributed by atoms with Crippen LogP contribution < -0.4 is 15.5 Å². The molecule has 166 valence electrons.